The van der Waals surface area contributed by atoms with Crippen LogP contribution in [-0.2, 0) is 5.60 Å². The molecule has 0 aliphatic carbocycles. The second-order valence-corrected chi connectivity index (χ2v) is 6.45. The maximum atomic E-state index is 12.8. The molecule has 1 amide bonds. The van der Waals surface area contributed by atoms with Crippen LogP contribution in [0.3, 0.4) is 0 Å². The lowest BCUT2D eigenvalue weighted by Gasteiger charge is -2.37. The first-order valence-electron chi connectivity index (χ1n) is 8.23. The van der Waals surface area contributed by atoms with E-state index in [0.29, 0.717) is 17.8 Å². The Hall–Kier alpha value is -2.78. The number of hydrogen-bond donors (Lipinski definition) is 2. The molecule has 1 aromatic heterocycles. The number of H-pyrrole nitrogens is 1. The molecule has 1 aliphatic rings. The fourth-order valence-corrected chi connectivity index (χ4v) is 3.46. The molecule has 1 saturated heterocycles. The molecule has 6 nitrogen and oxygen atoms in total. The van der Waals surface area contributed by atoms with Crippen LogP contribution in [0, 0.1) is 11.3 Å². The largest absolute Gasteiger partial charge is 0.497 e. The number of hydrogen-bond acceptors (Lipinski definition) is 4. The maximum Gasteiger partial charge on any atom is 0.255 e. The van der Waals surface area contributed by atoms with Crippen LogP contribution in [0.1, 0.15) is 41.4 Å². The Morgan fingerprint density at radius 1 is 1.44 bits per heavy atom. The van der Waals surface area contributed by atoms with Gasteiger partial charge in [-0.15, -0.1) is 0 Å². The van der Waals surface area contributed by atoms with Gasteiger partial charge in [0.1, 0.15) is 23.1 Å². The number of nitrogens with zero attached hydrogens (tertiary/aromatic N) is 2. The molecule has 3 rings (SSSR count). The van der Waals surface area contributed by atoms with E-state index in [1.165, 1.54) is 0 Å². The lowest BCUT2D eigenvalue weighted by atomic mass is 9.86. The summed E-state index contributed by atoms with van der Waals surface area (Å²) in [6, 6.07) is 10.5. The van der Waals surface area contributed by atoms with Gasteiger partial charge in [-0.05, 0) is 43.5 Å². The van der Waals surface area contributed by atoms with Crippen LogP contribution in [0.25, 0.3) is 0 Å². The van der Waals surface area contributed by atoms with Crippen molar-refractivity contribution in [2.24, 2.45) is 0 Å². The summed E-state index contributed by atoms with van der Waals surface area (Å²) in [4.78, 5) is 17.3. The summed E-state index contributed by atoms with van der Waals surface area (Å²) in [5.41, 5.74) is 0.354. The molecule has 25 heavy (non-hydrogen) atoms. The number of nitriles is 1. The number of nitrogens with one attached hydrogen (secondary N) is 1. The number of ether oxygens (including phenoxy) is 1. The fourth-order valence-electron chi connectivity index (χ4n) is 3.46. The zero-order chi connectivity index (χ0) is 18.0. The minimum Gasteiger partial charge on any atom is -0.497 e. The van der Waals surface area contributed by atoms with Crippen LogP contribution in [-0.4, -0.2) is 40.6 Å². The molecule has 130 valence electrons. The van der Waals surface area contributed by atoms with E-state index in [4.69, 9.17) is 10.00 Å². The molecule has 2 aromatic rings. The fraction of sp³-hybridized carbons (Fsp3) is 0.368. The van der Waals surface area contributed by atoms with Gasteiger partial charge in [-0.3, -0.25) is 4.79 Å². The lowest BCUT2D eigenvalue weighted by Crippen LogP contribution is -2.48. The summed E-state index contributed by atoms with van der Waals surface area (Å²) >= 11 is 0. The quantitative estimate of drug-likeness (QED) is 0.895. The summed E-state index contributed by atoms with van der Waals surface area (Å²) in [7, 11) is 1.59. The predicted octanol–water partition coefficient (Wildman–Crippen LogP) is 2.41. The molecule has 1 aliphatic heterocycles. The molecule has 0 unspecified atom stereocenters. The summed E-state index contributed by atoms with van der Waals surface area (Å²) < 4.78 is 5.16. The van der Waals surface area contributed by atoms with Crippen molar-refractivity contribution in [3.63, 3.8) is 0 Å². The van der Waals surface area contributed by atoms with E-state index in [2.05, 4.69) is 4.98 Å². The van der Waals surface area contributed by atoms with Crippen LogP contribution in [0.2, 0.25) is 0 Å². The molecule has 1 aromatic carbocycles. The van der Waals surface area contributed by atoms with E-state index in [9.17, 15) is 9.90 Å². The third-order valence-electron chi connectivity index (χ3n) is 4.89. The summed E-state index contributed by atoms with van der Waals surface area (Å²) in [5.74, 6) is 0.546. The highest BCUT2D eigenvalue weighted by Gasteiger charge is 2.42. The number of methoxy groups -OCH3 is 1. The van der Waals surface area contributed by atoms with Crippen molar-refractivity contribution < 1.29 is 14.6 Å². The van der Waals surface area contributed by atoms with Crippen LogP contribution in [0.4, 0.5) is 0 Å². The van der Waals surface area contributed by atoms with Crippen molar-refractivity contribution in [1.82, 2.24) is 9.88 Å². The Morgan fingerprint density at radius 3 is 2.76 bits per heavy atom. The van der Waals surface area contributed by atoms with E-state index in [0.717, 1.165) is 24.2 Å². The average molecular weight is 339 g/mol. The molecule has 0 saturated carbocycles. The van der Waals surface area contributed by atoms with Gasteiger partial charge in [0.15, 0.2) is 0 Å². The lowest BCUT2D eigenvalue weighted by molar-refractivity contribution is -0.0177. The molecule has 0 bridgehead atoms. The number of benzene rings is 1. The van der Waals surface area contributed by atoms with Gasteiger partial charge in [-0.1, -0.05) is 12.1 Å². The third-order valence-corrected chi connectivity index (χ3v) is 4.89. The molecule has 1 fully saturated rings. The Balaban J connectivity index is 1.86. The Kier molecular flexibility index (Phi) is 4.51. The van der Waals surface area contributed by atoms with Crippen molar-refractivity contribution in [3.05, 3.63) is 53.3 Å². The monoisotopic (exact) mass is 339 g/mol. The number of aromatic amines is 1. The number of amides is 1. The smallest absolute Gasteiger partial charge is 0.255 e. The SMILES string of the molecule is COc1ccc([C@](C)(O)[C@H]2CCCN2C(=O)c2c[nH]c(C#N)c2)cc1. The highest BCUT2D eigenvalue weighted by Crippen LogP contribution is 2.36. The van der Waals surface area contributed by atoms with Gasteiger partial charge in [0.05, 0.1) is 18.7 Å². The molecular formula is C19H21N3O3. The molecule has 2 atom stereocenters. The molecule has 2 heterocycles. The molecule has 2 N–H and O–H groups in total. The molecular weight excluding hydrogens is 318 g/mol. The van der Waals surface area contributed by atoms with E-state index < -0.39 is 5.60 Å². The van der Waals surface area contributed by atoms with Crippen LogP contribution >= 0.6 is 0 Å². The average Bonchev–Trinajstić information content (AvgIpc) is 3.30. The predicted molar refractivity (Wildman–Crippen MR) is 92.1 cm³/mol. The van der Waals surface area contributed by atoms with Gasteiger partial charge in [-0.2, -0.15) is 5.26 Å². The second-order valence-electron chi connectivity index (χ2n) is 6.45. The van der Waals surface area contributed by atoms with E-state index in [1.54, 1.807) is 43.3 Å². The van der Waals surface area contributed by atoms with Crippen LogP contribution < -0.4 is 4.74 Å². The number of likely N-dealkylation sites (tertiary alicyclic amines) is 1. The van der Waals surface area contributed by atoms with Crippen molar-refractivity contribution in [2.75, 3.05) is 13.7 Å². The minimum atomic E-state index is -1.17. The van der Waals surface area contributed by atoms with Crippen molar-refractivity contribution in [3.8, 4) is 11.8 Å². The molecule has 0 spiro atoms. The van der Waals surface area contributed by atoms with Gasteiger partial charge in [0.25, 0.3) is 5.91 Å². The zero-order valence-electron chi connectivity index (χ0n) is 14.3. The first kappa shape index (κ1) is 17.1. The van der Waals surface area contributed by atoms with Crippen molar-refractivity contribution in [2.45, 2.75) is 31.4 Å². The second kappa shape index (κ2) is 6.61. The Bertz CT molecular complexity index is 802. The van der Waals surface area contributed by atoms with E-state index >= 15 is 0 Å². The van der Waals surface area contributed by atoms with E-state index in [-0.39, 0.29) is 11.9 Å². The zero-order valence-corrected chi connectivity index (χ0v) is 14.3. The maximum absolute atomic E-state index is 12.8. The molecule has 6 heteroatoms. The van der Waals surface area contributed by atoms with Gasteiger partial charge in [0, 0.05) is 12.7 Å². The number of aromatic nitrogens is 1. The molecule has 0 radical (unpaired) electrons. The first-order valence-corrected chi connectivity index (χ1v) is 8.23. The van der Waals surface area contributed by atoms with Crippen molar-refractivity contribution in [1.29, 1.82) is 5.26 Å². The third kappa shape index (κ3) is 3.11. The van der Waals surface area contributed by atoms with Gasteiger partial charge < -0.3 is 19.7 Å². The van der Waals surface area contributed by atoms with Crippen molar-refractivity contribution >= 4 is 5.91 Å². The number of carbonyl (C=O) groups excluding carboxylic acids is 1. The van der Waals surface area contributed by atoms with Crippen LogP contribution in [0.15, 0.2) is 36.5 Å². The van der Waals surface area contributed by atoms with Crippen LogP contribution in [0.5, 0.6) is 5.75 Å². The normalized spacial score (nSPS) is 19.3. The Labute approximate surface area is 146 Å². The Morgan fingerprint density at radius 2 is 2.16 bits per heavy atom. The number of carbonyl (C=O) groups is 1. The first-order chi connectivity index (χ1) is 12.0. The highest BCUT2D eigenvalue weighted by atomic mass is 16.5. The summed E-state index contributed by atoms with van der Waals surface area (Å²) in [5, 5.41) is 20.1. The van der Waals surface area contributed by atoms with Gasteiger partial charge >= 0.3 is 0 Å². The minimum absolute atomic E-state index is 0.172. The van der Waals surface area contributed by atoms with Gasteiger partial charge in [0.2, 0.25) is 0 Å². The highest BCUT2D eigenvalue weighted by molar-refractivity contribution is 5.95. The van der Waals surface area contributed by atoms with E-state index in [1.807, 2.05) is 18.2 Å². The topological polar surface area (TPSA) is 89.3 Å². The summed E-state index contributed by atoms with van der Waals surface area (Å²) in [6.07, 6.45) is 3.09. The van der Waals surface area contributed by atoms with Gasteiger partial charge in [-0.25, -0.2) is 0 Å². The number of aliphatic hydroxyl groups is 1. The standard InChI is InChI=1S/C19H21N3O3/c1-19(24,14-5-7-16(25-2)8-6-14)17-4-3-9-22(17)18(23)13-10-15(11-20)21-12-13/h5-8,10,12,17,21,24H,3-4,9H2,1-2H3/t17-,19+/m1/s1. The summed E-state index contributed by atoms with van der Waals surface area (Å²) in [6.45, 7) is 2.33. The number of rotatable bonds is 4.